The Hall–Kier alpha value is -0.960. The van der Waals surface area contributed by atoms with Crippen molar-refractivity contribution in [1.29, 1.82) is 0 Å². The average Bonchev–Trinajstić information content (AvgIpc) is 1.99. The molecular weight excluding hydrogens is 186 g/mol. The molecule has 0 aliphatic heterocycles. The van der Waals surface area contributed by atoms with E-state index in [1.54, 1.807) is 0 Å². The van der Waals surface area contributed by atoms with Gasteiger partial charge in [-0.3, -0.25) is 0 Å². The molecular formula is C12H21N3. The Balaban J connectivity index is 3.04. The summed E-state index contributed by atoms with van der Waals surface area (Å²) >= 11 is 0. The van der Waals surface area contributed by atoms with E-state index in [0.717, 1.165) is 29.2 Å². The smallest absolute Gasteiger partial charge is 0.129 e. The highest BCUT2D eigenvalue weighted by molar-refractivity contribution is 5.24. The molecule has 0 aliphatic carbocycles. The highest BCUT2D eigenvalue weighted by Crippen LogP contribution is 2.19. The minimum Gasteiger partial charge on any atom is -0.326 e. The predicted octanol–water partition coefficient (Wildman–Crippen LogP) is 2.14. The molecule has 0 spiro atoms. The maximum absolute atomic E-state index is 5.65. The number of hydrogen-bond acceptors (Lipinski definition) is 3. The molecule has 84 valence electrons. The molecule has 3 nitrogen and oxygen atoms in total. The number of aryl methyl sites for hydroxylation is 2. The molecule has 0 aromatic carbocycles. The first-order chi connectivity index (χ1) is 6.83. The van der Waals surface area contributed by atoms with Crippen molar-refractivity contribution in [3.05, 3.63) is 22.8 Å². The zero-order chi connectivity index (χ0) is 11.6. The van der Waals surface area contributed by atoms with Crippen molar-refractivity contribution in [3.8, 4) is 0 Å². The Morgan fingerprint density at radius 3 is 1.87 bits per heavy atom. The topological polar surface area (TPSA) is 51.8 Å². The van der Waals surface area contributed by atoms with Crippen LogP contribution in [0.3, 0.4) is 0 Å². The van der Waals surface area contributed by atoms with Crippen LogP contribution in [0.5, 0.6) is 0 Å². The first kappa shape index (κ1) is 12.1. The molecule has 0 radical (unpaired) electrons. The summed E-state index contributed by atoms with van der Waals surface area (Å²) in [6.45, 7) is 11.1. The largest absolute Gasteiger partial charge is 0.326 e. The van der Waals surface area contributed by atoms with Gasteiger partial charge in [0.1, 0.15) is 5.82 Å². The zero-order valence-electron chi connectivity index (χ0n) is 10.4. The van der Waals surface area contributed by atoms with E-state index in [2.05, 4.69) is 30.7 Å². The van der Waals surface area contributed by atoms with Gasteiger partial charge < -0.3 is 5.73 Å². The number of rotatable bonds is 2. The Kier molecular flexibility index (Phi) is 3.45. The van der Waals surface area contributed by atoms with Crippen LogP contribution in [0.15, 0.2) is 0 Å². The van der Waals surface area contributed by atoms with Gasteiger partial charge in [-0.05, 0) is 19.3 Å². The van der Waals surface area contributed by atoms with E-state index in [9.17, 15) is 0 Å². The zero-order valence-corrected chi connectivity index (χ0v) is 10.4. The lowest BCUT2D eigenvalue weighted by molar-refractivity contribution is 0.399. The van der Waals surface area contributed by atoms with E-state index < -0.39 is 0 Å². The quantitative estimate of drug-likeness (QED) is 0.808. The third kappa shape index (κ3) is 3.27. The minimum absolute atomic E-state index is 0.225. The third-order valence-corrected chi connectivity index (χ3v) is 2.36. The Morgan fingerprint density at radius 1 is 1.07 bits per heavy atom. The summed E-state index contributed by atoms with van der Waals surface area (Å²) in [4.78, 5) is 9.00. The van der Waals surface area contributed by atoms with E-state index in [0.29, 0.717) is 6.54 Å². The fourth-order valence-electron chi connectivity index (χ4n) is 1.66. The number of aromatic nitrogens is 2. The average molecular weight is 207 g/mol. The summed E-state index contributed by atoms with van der Waals surface area (Å²) in [5.41, 5.74) is 8.99. The van der Waals surface area contributed by atoms with Gasteiger partial charge in [-0.1, -0.05) is 20.8 Å². The molecule has 3 heteroatoms. The van der Waals surface area contributed by atoms with E-state index in [1.165, 1.54) is 0 Å². The lowest BCUT2D eigenvalue weighted by Gasteiger charge is -2.18. The summed E-state index contributed by atoms with van der Waals surface area (Å²) in [7, 11) is 0. The minimum atomic E-state index is 0.225. The van der Waals surface area contributed by atoms with E-state index in [-0.39, 0.29) is 5.41 Å². The molecule has 2 N–H and O–H groups in total. The highest BCUT2D eigenvalue weighted by atomic mass is 14.9. The van der Waals surface area contributed by atoms with Gasteiger partial charge in [0.05, 0.1) is 0 Å². The van der Waals surface area contributed by atoms with E-state index in [1.807, 2.05) is 13.8 Å². The first-order valence-electron chi connectivity index (χ1n) is 5.36. The standard InChI is InChI=1S/C12H21N3/c1-8-10(7-13)9(2)15-11(14-8)6-12(3,4)5/h6-7,13H2,1-5H3. The summed E-state index contributed by atoms with van der Waals surface area (Å²) in [5, 5.41) is 0. The van der Waals surface area contributed by atoms with Gasteiger partial charge >= 0.3 is 0 Å². The van der Waals surface area contributed by atoms with Crippen LogP contribution in [0.25, 0.3) is 0 Å². The summed E-state index contributed by atoms with van der Waals surface area (Å²) in [6.07, 6.45) is 0.902. The van der Waals surface area contributed by atoms with Crippen LogP contribution in [0, 0.1) is 19.3 Å². The summed E-state index contributed by atoms with van der Waals surface area (Å²) < 4.78 is 0. The second kappa shape index (κ2) is 4.27. The molecule has 1 rings (SSSR count). The molecule has 1 aromatic heterocycles. The SMILES string of the molecule is Cc1nc(CC(C)(C)C)nc(C)c1CN. The molecule has 0 bridgehead atoms. The van der Waals surface area contributed by atoms with Crippen molar-refractivity contribution in [1.82, 2.24) is 9.97 Å². The fourth-order valence-corrected chi connectivity index (χ4v) is 1.66. The first-order valence-corrected chi connectivity index (χ1v) is 5.36. The van der Waals surface area contributed by atoms with Gasteiger partial charge in [0.25, 0.3) is 0 Å². The molecule has 0 saturated heterocycles. The molecule has 0 amide bonds. The van der Waals surface area contributed by atoms with Crippen molar-refractivity contribution in [2.45, 2.75) is 47.6 Å². The van der Waals surface area contributed by atoms with Gasteiger partial charge in [-0.15, -0.1) is 0 Å². The molecule has 1 aromatic rings. The molecule has 1 heterocycles. The lowest BCUT2D eigenvalue weighted by atomic mass is 9.92. The van der Waals surface area contributed by atoms with Crippen LogP contribution in [0.1, 0.15) is 43.5 Å². The molecule has 0 atom stereocenters. The maximum atomic E-state index is 5.65. The number of hydrogen-bond donors (Lipinski definition) is 1. The molecule has 0 saturated carbocycles. The van der Waals surface area contributed by atoms with Gasteiger partial charge in [0.15, 0.2) is 0 Å². The fraction of sp³-hybridized carbons (Fsp3) is 0.667. The van der Waals surface area contributed by atoms with Crippen molar-refractivity contribution >= 4 is 0 Å². The highest BCUT2D eigenvalue weighted by Gasteiger charge is 2.15. The third-order valence-electron chi connectivity index (χ3n) is 2.36. The van der Waals surface area contributed by atoms with Gasteiger partial charge in [0.2, 0.25) is 0 Å². The van der Waals surface area contributed by atoms with Crippen LogP contribution in [0.4, 0.5) is 0 Å². The van der Waals surface area contributed by atoms with Gasteiger partial charge in [0, 0.05) is 29.9 Å². The normalized spacial score (nSPS) is 11.9. The Morgan fingerprint density at radius 2 is 1.53 bits per heavy atom. The monoisotopic (exact) mass is 207 g/mol. The molecule has 0 aliphatic rings. The van der Waals surface area contributed by atoms with Crippen LogP contribution >= 0.6 is 0 Å². The summed E-state index contributed by atoms with van der Waals surface area (Å²) in [5.74, 6) is 0.926. The second-order valence-electron chi connectivity index (χ2n) is 5.23. The van der Waals surface area contributed by atoms with Gasteiger partial charge in [-0.25, -0.2) is 9.97 Å². The van der Waals surface area contributed by atoms with Crippen LogP contribution in [0.2, 0.25) is 0 Å². The number of nitrogens with two attached hydrogens (primary N) is 1. The molecule has 15 heavy (non-hydrogen) atoms. The van der Waals surface area contributed by atoms with Crippen LogP contribution in [-0.4, -0.2) is 9.97 Å². The van der Waals surface area contributed by atoms with Crippen molar-refractivity contribution in [3.63, 3.8) is 0 Å². The Labute approximate surface area is 92.1 Å². The van der Waals surface area contributed by atoms with Crippen molar-refractivity contribution in [2.24, 2.45) is 11.1 Å². The maximum Gasteiger partial charge on any atom is 0.129 e. The van der Waals surface area contributed by atoms with E-state index >= 15 is 0 Å². The van der Waals surface area contributed by atoms with Gasteiger partial charge in [-0.2, -0.15) is 0 Å². The van der Waals surface area contributed by atoms with Crippen molar-refractivity contribution < 1.29 is 0 Å². The predicted molar refractivity (Wildman–Crippen MR) is 62.6 cm³/mol. The molecule has 0 fully saturated rings. The second-order valence-corrected chi connectivity index (χ2v) is 5.23. The Bertz CT molecular complexity index is 327. The summed E-state index contributed by atoms with van der Waals surface area (Å²) in [6, 6.07) is 0. The lowest BCUT2D eigenvalue weighted by Crippen LogP contribution is -2.15. The van der Waals surface area contributed by atoms with Crippen LogP contribution < -0.4 is 5.73 Å². The van der Waals surface area contributed by atoms with Crippen LogP contribution in [-0.2, 0) is 13.0 Å². The molecule has 0 unspecified atom stereocenters. The van der Waals surface area contributed by atoms with Crippen molar-refractivity contribution in [2.75, 3.05) is 0 Å². The van der Waals surface area contributed by atoms with E-state index in [4.69, 9.17) is 5.73 Å². The number of nitrogens with zero attached hydrogens (tertiary/aromatic N) is 2.